The predicted molar refractivity (Wildman–Crippen MR) is 78.0 cm³/mol. The van der Waals surface area contributed by atoms with Gasteiger partial charge in [0.25, 0.3) is 0 Å². The van der Waals surface area contributed by atoms with E-state index in [0.717, 1.165) is 24.8 Å². The lowest BCUT2D eigenvalue weighted by atomic mass is 9.52. The molecule has 1 aromatic carbocycles. The van der Waals surface area contributed by atoms with E-state index in [-0.39, 0.29) is 22.3 Å². The van der Waals surface area contributed by atoms with Crippen LogP contribution in [0.1, 0.15) is 44.6 Å². The number of benzene rings is 1. The average Bonchev–Trinajstić information content (AvgIpc) is 2.46. The van der Waals surface area contributed by atoms with Crippen molar-refractivity contribution in [2.45, 2.75) is 55.7 Å². The summed E-state index contributed by atoms with van der Waals surface area (Å²) in [6.45, 7) is 4.20. The highest BCUT2D eigenvalue weighted by atomic mass is 32.2. The third kappa shape index (κ3) is 2.48. The Morgan fingerprint density at radius 3 is 2.14 bits per heavy atom. The van der Waals surface area contributed by atoms with Crippen LogP contribution in [0.3, 0.4) is 0 Å². The molecule has 1 aliphatic rings. The second-order valence-electron chi connectivity index (χ2n) is 5.71. The largest absolute Gasteiger partial charge is 0.341 e. The third-order valence-corrected chi connectivity index (χ3v) is 6.48. The van der Waals surface area contributed by atoms with E-state index < -0.39 is 15.6 Å². The molecule has 2 unspecified atom stereocenters. The van der Waals surface area contributed by atoms with E-state index in [1.165, 1.54) is 12.1 Å². The van der Waals surface area contributed by atoms with Crippen molar-refractivity contribution in [2.24, 2.45) is 11.1 Å². The van der Waals surface area contributed by atoms with Crippen LogP contribution in [-0.2, 0) is 9.84 Å². The second-order valence-corrected chi connectivity index (χ2v) is 7.63. The lowest BCUT2D eigenvalue weighted by Crippen LogP contribution is -2.55. The van der Waals surface area contributed by atoms with Crippen LogP contribution in [0, 0.1) is 5.41 Å². The molecule has 0 bridgehead atoms. The normalized spacial score (nSPS) is 24.9. The molecule has 2 rings (SSSR count). The number of rotatable bonds is 5. The summed E-state index contributed by atoms with van der Waals surface area (Å²) in [6.07, 6.45) is 2.75. The van der Waals surface area contributed by atoms with Gasteiger partial charge in [-0.15, -0.1) is 0 Å². The molecule has 2 atom stereocenters. The second kappa shape index (κ2) is 5.65. The molecular formula is C15H21F2NO2S. The third-order valence-electron chi connectivity index (χ3n) is 5.08. The summed E-state index contributed by atoms with van der Waals surface area (Å²) in [6, 6.07) is 5.98. The van der Waals surface area contributed by atoms with E-state index in [9.17, 15) is 17.2 Å². The van der Waals surface area contributed by atoms with E-state index in [1.54, 1.807) is 12.1 Å². The fraction of sp³-hybridized carbons (Fsp3) is 0.600. The Hall–Kier alpha value is -1.01. The predicted octanol–water partition coefficient (Wildman–Crippen LogP) is 3.30. The van der Waals surface area contributed by atoms with Crippen molar-refractivity contribution in [3.05, 3.63) is 29.8 Å². The van der Waals surface area contributed by atoms with Gasteiger partial charge in [-0.1, -0.05) is 26.0 Å². The molecule has 3 nitrogen and oxygen atoms in total. The number of sulfone groups is 1. The molecule has 0 spiro atoms. The zero-order valence-corrected chi connectivity index (χ0v) is 13.0. The Bertz CT molecular complexity index is 595. The van der Waals surface area contributed by atoms with Crippen LogP contribution >= 0.6 is 0 Å². The van der Waals surface area contributed by atoms with Crippen LogP contribution in [0.25, 0.3) is 0 Å². The topological polar surface area (TPSA) is 60.2 Å². The quantitative estimate of drug-likeness (QED) is 0.906. The van der Waals surface area contributed by atoms with Gasteiger partial charge in [-0.2, -0.15) is 8.78 Å². The minimum atomic E-state index is -4.52. The van der Waals surface area contributed by atoms with Gasteiger partial charge in [0.1, 0.15) is 0 Å². The molecule has 2 N–H and O–H groups in total. The lowest BCUT2D eigenvalue weighted by Gasteiger charge is -2.55. The van der Waals surface area contributed by atoms with Gasteiger partial charge in [0, 0.05) is 6.04 Å². The van der Waals surface area contributed by atoms with Crippen LogP contribution < -0.4 is 5.73 Å². The van der Waals surface area contributed by atoms with Crippen LogP contribution in [0.2, 0.25) is 0 Å². The smallest absolute Gasteiger partial charge is 0.327 e. The highest BCUT2D eigenvalue weighted by molar-refractivity contribution is 7.91. The SMILES string of the molecule is CCC1(CC)C(N)CC1c1ccc(S(=O)(=O)C(F)F)cc1. The molecule has 0 amide bonds. The molecule has 1 aromatic rings. The molecule has 0 aliphatic heterocycles. The van der Waals surface area contributed by atoms with E-state index in [1.807, 2.05) is 0 Å². The summed E-state index contributed by atoms with van der Waals surface area (Å²) in [4.78, 5) is -0.330. The van der Waals surface area contributed by atoms with Crippen molar-refractivity contribution < 1.29 is 17.2 Å². The first-order valence-corrected chi connectivity index (χ1v) is 8.71. The van der Waals surface area contributed by atoms with Crippen LogP contribution in [-0.4, -0.2) is 20.2 Å². The van der Waals surface area contributed by atoms with Crippen molar-refractivity contribution in [1.29, 1.82) is 0 Å². The Morgan fingerprint density at radius 2 is 1.76 bits per heavy atom. The first-order chi connectivity index (χ1) is 9.79. The standard InChI is InChI=1S/C15H21F2NO2S/c1-3-15(4-2)12(9-13(15)18)10-5-7-11(8-6-10)21(19,20)14(16)17/h5-8,12-14H,3-4,9,18H2,1-2H3. The molecule has 0 saturated heterocycles. The molecule has 6 heteroatoms. The first kappa shape index (κ1) is 16.4. The Labute approximate surface area is 124 Å². The fourth-order valence-electron chi connectivity index (χ4n) is 3.55. The lowest BCUT2D eigenvalue weighted by molar-refractivity contribution is 0.0438. The maximum Gasteiger partial charge on any atom is 0.341 e. The molecule has 0 radical (unpaired) electrons. The van der Waals surface area contributed by atoms with Gasteiger partial charge in [-0.3, -0.25) is 0 Å². The van der Waals surface area contributed by atoms with E-state index in [0.29, 0.717) is 0 Å². The maximum atomic E-state index is 12.5. The molecule has 0 aromatic heterocycles. The first-order valence-electron chi connectivity index (χ1n) is 7.17. The van der Waals surface area contributed by atoms with Crippen molar-refractivity contribution in [3.8, 4) is 0 Å². The number of hydrogen-bond acceptors (Lipinski definition) is 3. The van der Waals surface area contributed by atoms with E-state index in [4.69, 9.17) is 5.73 Å². The molecule has 21 heavy (non-hydrogen) atoms. The van der Waals surface area contributed by atoms with Gasteiger partial charge in [0.15, 0.2) is 0 Å². The summed E-state index contributed by atoms with van der Waals surface area (Å²) in [5.41, 5.74) is 7.16. The van der Waals surface area contributed by atoms with E-state index >= 15 is 0 Å². The number of hydrogen-bond donors (Lipinski definition) is 1. The Balaban J connectivity index is 2.29. The Morgan fingerprint density at radius 1 is 1.24 bits per heavy atom. The maximum absolute atomic E-state index is 12.5. The summed E-state index contributed by atoms with van der Waals surface area (Å²) in [5, 5.41) is 0. The summed E-state index contributed by atoms with van der Waals surface area (Å²) in [7, 11) is -4.52. The molecule has 118 valence electrons. The monoisotopic (exact) mass is 317 g/mol. The number of nitrogens with two attached hydrogens (primary N) is 1. The summed E-state index contributed by atoms with van der Waals surface area (Å²) in [5.74, 6) is -3.11. The highest BCUT2D eigenvalue weighted by Gasteiger charge is 2.51. The zero-order chi connectivity index (χ0) is 15.8. The molecule has 1 aliphatic carbocycles. The Kier molecular flexibility index (Phi) is 4.40. The number of alkyl halides is 2. The molecule has 0 heterocycles. The number of halogens is 2. The minimum Gasteiger partial charge on any atom is -0.327 e. The van der Waals surface area contributed by atoms with Crippen LogP contribution in [0.5, 0.6) is 0 Å². The van der Waals surface area contributed by atoms with E-state index in [2.05, 4.69) is 13.8 Å². The van der Waals surface area contributed by atoms with Crippen molar-refractivity contribution in [3.63, 3.8) is 0 Å². The van der Waals surface area contributed by atoms with Crippen molar-refractivity contribution in [2.75, 3.05) is 0 Å². The molecule has 1 saturated carbocycles. The average molecular weight is 317 g/mol. The van der Waals surface area contributed by atoms with Crippen molar-refractivity contribution in [1.82, 2.24) is 0 Å². The van der Waals surface area contributed by atoms with Crippen LogP contribution in [0.4, 0.5) is 8.78 Å². The van der Waals surface area contributed by atoms with Crippen LogP contribution in [0.15, 0.2) is 29.2 Å². The van der Waals surface area contributed by atoms with Gasteiger partial charge < -0.3 is 5.73 Å². The summed E-state index contributed by atoms with van der Waals surface area (Å²) < 4.78 is 47.9. The highest BCUT2D eigenvalue weighted by Crippen LogP contribution is 2.56. The molecular weight excluding hydrogens is 296 g/mol. The van der Waals surface area contributed by atoms with Gasteiger partial charge in [0.05, 0.1) is 4.90 Å². The van der Waals surface area contributed by atoms with Gasteiger partial charge in [-0.05, 0) is 48.3 Å². The van der Waals surface area contributed by atoms with Gasteiger partial charge >= 0.3 is 5.76 Å². The van der Waals surface area contributed by atoms with Crippen molar-refractivity contribution >= 4 is 9.84 Å². The van der Waals surface area contributed by atoms with Gasteiger partial charge in [-0.25, -0.2) is 8.42 Å². The summed E-state index contributed by atoms with van der Waals surface area (Å²) >= 11 is 0. The minimum absolute atomic E-state index is 0.0309. The molecule has 1 fully saturated rings. The van der Waals surface area contributed by atoms with Gasteiger partial charge in [0.2, 0.25) is 9.84 Å². The fourth-order valence-corrected chi connectivity index (χ4v) is 4.27. The zero-order valence-electron chi connectivity index (χ0n) is 12.2.